The van der Waals surface area contributed by atoms with Gasteiger partial charge in [-0.3, -0.25) is 4.79 Å². The van der Waals surface area contributed by atoms with Gasteiger partial charge in [0.1, 0.15) is 24.4 Å². The van der Waals surface area contributed by atoms with E-state index in [1.807, 2.05) is 6.08 Å². The highest BCUT2D eigenvalue weighted by atomic mass is 16.7. The van der Waals surface area contributed by atoms with Gasteiger partial charge in [0.2, 0.25) is 5.91 Å². The summed E-state index contributed by atoms with van der Waals surface area (Å²) in [6.07, 6.45) is 98.9. The monoisotopic (exact) mass is 1280 g/mol. The molecular formula is C83H145NO8. The Morgan fingerprint density at radius 3 is 1.00 bits per heavy atom. The summed E-state index contributed by atoms with van der Waals surface area (Å²) in [5, 5.41) is 54.9. The first-order chi connectivity index (χ1) is 45.3. The number of aliphatic hydroxyl groups is 5. The van der Waals surface area contributed by atoms with Crippen molar-refractivity contribution in [3.05, 3.63) is 122 Å². The quantitative estimate of drug-likeness (QED) is 0.0261. The van der Waals surface area contributed by atoms with Crippen molar-refractivity contribution in [1.82, 2.24) is 5.32 Å². The molecule has 0 aromatic heterocycles. The molecule has 1 amide bonds. The molecule has 1 heterocycles. The molecule has 9 heteroatoms. The van der Waals surface area contributed by atoms with Gasteiger partial charge in [0, 0.05) is 6.42 Å². The van der Waals surface area contributed by atoms with Crippen LogP contribution in [-0.2, 0) is 14.3 Å². The zero-order valence-corrected chi connectivity index (χ0v) is 59.5. The maximum Gasteiger partial charge on any atom is 0.220 e. The van der Waals surface area contributed by atoms with E-state index < -0.39 is 49.5 Å². The van der Waals surface area contributed by atoms with Crippen molar-refractivity contribution < 1.29 is 39.8 Å². The molecule has 0 saturated carbocycles. The Kier molecular flexibility index (Phi) is 66.3. The number of ether oxygens (including phenoxy) is 2. The summed E-state index contributed by atoms with van der Waals surface area (Å²) in [5.74, 6) is -0.180. The molecule has 1 aliphatic heterocycles. The second kappa shape index (κ2) is 70.4. The highest BCUT2D eigenvalue weighted by Gasteiger charge is 2.44. The summed E-state index contributed by atoms with van der Waals surface area (Å²) < 4.78 is 11.3. The van der Waals surface area contributed by atoms with Crippen LogP contribution in [0.2, 0.25) is 0 Å². The lowest BCUT2D eigenvalue weighted by Crippen LogP contribution is -2.60. The maximum atomic E-state index is 13.2. The van der Waals surface area contributed by atoms with Crippen LogP contribution >= 0.6 is 0 Å². The molecule has 0 radical (unpaired) electrons. The van der Waals surface area contributed by atoms with Crippen LogP contribution in [0.5, 0.6) is 0 Å². The number of aliphatic hydroxyl groups excluding tert-OH is 5. The topological polar surface area (TPSA) is 149 Å². The minimum Gasteiger partial charge on any atom is -0.394 e. The molecule has 0 aliphatic carbocycles. The number of amides is 1. The van der Waals surface area contributed by atoms with Crippen LogP contribution in [0, 0.1) is 0 Å². The normalized spacial score (nSPS) is 18.4. The van der Waals surface area contributed by atoms with Crippen molar-refractivity contribution in [3.8, 4) is 0 Å². The third kappa shape index (κ3) is 58.0. The fourth-order valence-corrected chi connectivity index (χ4v) is 11.8. The van der Waals surface area contributed by atoms with Crippen LogP contribution in [0.25, 0.3) is 0 Å². The third-order valence-electron chi connectivity index (χ3n) is 17.8. The minimum absolute atomic E-state index is 0.180. The number of hydrogen-bond donors (Lipinski definition) is 6. The van der Waals surface area contributed by atoms with Gasteiger partial charge in [-0.2, -0.15) is 0 Å². The Balaban J connectivity index is 2.12. The van der Waals surface area contributed by atoms with Gasteiger partial charge in [0.25, 0.3) is 0 Å². The zero-order valence-electron chi connectivity index (χ0n) is 59.5. The molecule has 530 valence electrons. The minimum atomic E-state index is -1.57. The summed E-state index contributed by atoms with van der Waals surface area (Å²) in [6.45, 7) is 3.70. The Morgan fingerprint density at radius 2 is 0.674 bits per heavy atom. The number of nitrogens with one attached hydrogen (secondary N) is 1. The van der Waals surface area contributed by atoms with Crippen molar-refractivity contribution in [1.29, 1.82) is 0 Å². The van der Waals surface area contributed by atoms with Crippen LogP contribution in [0.15, 0.2) is 122 Å². The SMILES string of the molecule is CC/C=C\C/C=C\C/C=C\C/C=C\C/C=C\C/C=C\C/C=C\C/C=C\C/C=C\CCCCCCCCCCCCCC(=O)NC(COC1OC(CO)C(O)C(O)C1O)C(O)/C=C/CCCCCCCCCCCCCCCCCCCCCCCCCCCCCC. The molecule has 7 unspecified atom stereocenters. The van der Waals surface area contributed by atoms with Crippen LogP contribution < -0.4 is 5.32 Å². The molecule has 0 bridgehead atoms. The van der Waals surface area contributed by atoms with E-state index in [9.17, 15) is 30.3 Å². The van der Waals surface area contributed by atoms with Gasteiger partial charge in [-0.1, -0.05) is 367 Å². The lowest BCUT2D eigenvalue weighted by atomic mass is 9.99. The molecule has 6 N–H and O–H groups in total. The second-order valence-corrected chi connectivity index (χ2v) is 26.4. The van der Waals surface area contributed by atoms with E-state index in [4.69, 9.17) is 9.47 Å². The van der Waals surface area contributed by atoms with Crippen molar-refractivity contribution in [2.75, 3.05) is 13.2 Å². The number of carbonyl (C=O) groups excluding carboxylic acids is 1. The second-order valence-electron chi connectivity index (χ2n) is 26.4. The number of unbranched alkanes of at least 4 members (excludes halogenated alkanes) is 39. The predicted octanol–water partition coefficient (Wildman–Crippen LogP) is 22.1. The maximum absolute atomic E-state index is 13.2. The molecular weight excluding hydrogens is 1140 g/mol. The van der Waals surface area contributed by atoms with Crippen molar-refractivity contribution in [2.24, 2.45) is 0 Å². The average Bonchev–Trinajstić information content (AvgIpc) is 1.45. The van der Waals surface area contributed by atoms with Gasteiger partial charge in [-0.05, 0) is 89.9 Å². The molecule has 0 aromatic carbocycles. The van der Waals surface area contributed by atoms with Crippen molar-refractivity contribution in [3.63, 3.8) is 0 Å². The molecule has 92 heavy (non-hydrogen) atoms. The molecule has 1 fully saturated rings. The first-order valence-electron chi connectivity index (χ1n) is 38.8. The van der Waals surface area contributed by atoms with Gasteiger partial charge < -0.3 is 40.3 Å². The predicted molar refractivity (Wildman–Crippen MR) is 396 cm³/mol. The van der Waals surface area contributed by atoms with Crippen molar-refractivity contribution in [2.45, 2.75) is 384 Å². The van der Waals surface area contributed by atoms with Crippen LogP contribution in [0.3, 0.4) is 0 Å². The third-order valence-corrected chi connectivity index (χ3v) is 17.8. The fraction of sp³-hybridized carbons (Fsp3) is 0.747. The number of allylic oxidation sites excluding steroid dienone is 19. The smallest absolute Gasteiger partial charge is 0.220 e. The lowest BCUT2D eigenvalue weighted by Gasteiger charge is -2.40. The first-order valence-corrected chi connectivity index (χ1v) is 38.8. The highest BCUT2D eigenvalue weighted by molar-refractivity contribution is 5.76. The molecule has 7 atom stereocenters. The van der Waals surface area contributed by atoms with Crippen molar-refractivity contribution >= 4 is 5.91 Å². The molecule has 0 spiro atoms. The van der Waals surface area contributed by atoms with Gasteiger partial charge in [-0.25, -0.2) is 0 Å². The van der Waals surface area contributed by atoms with E-state index in [1.165, 1.54) is 218 Å². The Morgan fingerprint density at radius 1 is 0.380 bits per heavy atom. The van der Waals surface area contributed by atoms with E-state index in [0.717, 1.165) is 103 Å². The summed E-state index contributed by atoms with van der Waals surface area (Å²) in [7, 11) is 0. The largest absolute Gasteiger partial charge is 0.394 e. The Bertz CT molecular complexity index is 1880. The van der Waals surface area contributed by atoms with Crippen LogP contribution in [-0.4, -0.2) is 87.5 Å². The fourth-order valence-electron chi connectivity index (χ4n) is 11.8. The highest BCUT2D eigenvalue weighted by Crippen LogP contribution is 2.23. The van der Waals surface area contributed by atoms with Gasteiger partial charge >= 0.3 is 0 Å². The molecule has 1 saturated heterocycles. The molecule has 0 aromatic rings. The van der Waals surface area contributed by atoms with E-state index in [2.05, 4.69) is 129 Å². The van der Waals surface area contributed by atoms with E-state index in [1.54, 1.807) is 6.08 Å². The average molecular weight is 1290 g/mol. The molecule has 1 rings (SSSR count). The van der Waals surface area contributed by atoms with E-state index >= 15 is 0 Å². The number of carbonyl (C=O) groups is 1. The van der Waals surface area contributed by atoms with E-state index in [0.29, 0.717) is 6.42 Å². The zero-order chi connectivity index (χ0) is 66.4. The molecule has 1 aliphatic rings. The van der Waals surface area contributed by atoms with Gasteiger partial charge in [-0.15, -0.1) is 0 Å². The number of hydrogen-bond acceptors (Lipinski definition) is 8. The summed E-state index contributed by atoms with van der Waals surface area (Å²) in [6, 6.07) is -0.816. The van der Waals surface area contributed by atoms with Gasteiger partial charge in [0.05, 0.1) is 25.4 Å². The standard InChI is InChI=1S/C83H145NO8/c1-3-5-7-9-11-13-15-17-19-21-23-25-27-29-31-33-35-36-37-38-39-40-41-42-43-45-47-49-51-53-55-57-59-61-63-65-67-69-71-73-79(87)84-76(75-91-83-82(90)81(89)80(88)78(74-85)92-83)77(86)72-70-68-66-64-62-60-58-56-54-52-50-48-46-44-34-32-30-28-26-24-22-20-18-16-14-12-10-8-6-4-2/h5,7,11,13,17,19,23,25,29,31,35-36,38-39,41-42,45,47,70,72,76-78,80-83,85-86,88-90H,3-4,6,8-10,12,14-16,18,20-22,24,26-28,30,32-34,37,40,43-44,46,48-69,71,73-75H2,1-2H3,(H,84,87)/b7-5-,13-11-,19-17-,25-23-,31-29-,36-35-,39-38-,42-41-,47-45-,72-70+. The van der Waals surface area contributed by atoms with E-state index in [-0.39, 0.29) is 12.5 Å². The first kappa shape index (κ1) is 86.6. The summed E-state index contributed by atoms with van der Waals surface area (Å²) in [5.41, 5.74) is 0. The van der Waals surface area contributed by atoms with Crippen LogP contribution in [0.4, 0.5) is 0 Å². The number of rotatable bonds is 67. The Labute approximate surface area is 567 Å². The summed E-state index contributed by atoms with van der Waals surface area (Å²) in [4.78, 5) is 13.2. The van der Waals surface area contributed by atoms with Crippen LogP contribution in [0.1, 0.15) is 341 Å². The molecule has 9 nitrogen and oxygen atoms in total. The van der Waals surface area contributed by atoms with Gasteiger partial charge in [0.15, 0.2) is 6.29 Å². The summed E-state index contributed by atoms with van der Waals surface area (Å²) >= 11 is 0. The Hall–Kier alpha value is -3.41. The lowest BCUT2D eigenvalue weighted by molar-refractivity contribution is -0.302.